The van der Waals surface area contributed by atoms with Gasteiger partial charge >= 0.3 is 0 Å². The number of hydrogen-bond donors (Lipinski definition) is 2. The van der Waals surface area contributed by atoms with Crippen LogP contribution in [0.15, 0.2) is 53.1 Å². The molecule has 0 fully saturated rings. The topological polar surface area (TPSA) is 87.7 Å². The van der Waals surface area contributed by atoms with E-state index in [1.165, 1.54) is 11.3 Å². The van der Waals surface area contributed by atoms with Crippen molar-refractivity contribution in [2.75, 3.05) is 23.8 Å². The molecule has 3 aromatic heterocycles. The molecule has 0 radical (unpaired) electrons. The van der Waals surface area contributed by atoms with Crippen molar-refractivity contribution in [1.29, 1.82) is 0 Å². The standard InChI is InChI=1S/C22H26N6O2S/c1-22(2,3)25-19-18(15-9-6-5-7-10-15)24-20-28(19)26-21(31-20)27(4)14-17(29)23-13-16-11-8-12-30-16/h5-12,25H,13-14H2,1-4H3,(H,23,29). The van der Waals surface area contributed by atoms with Gasteiger partial charge in [0.2, 0.25) is 16.0 Å². The second-order valence-electron chi connectivity index (χ2n) is 8.34. The Morgan fingerprint density at radius 3 is 2.65 bits per heavy atom. The average molecular weight is 439 g/mol. The van der Waals surface area contributed by atoms with E-state index in [1.54, 1.807) is 12.3 Å². The van der Waals surface area contributed by atoms with Crippen molar-refractivity contribution in [1.82, 2.24) is 19.9 Å². The van der Waals surface area contributed by atoms with Crippen LogP contribution in [0.25, 0.3) is 16.2 Å². The van der Waals surface area contributed by atoms with Crippen molar-refractivity contribution in [2.24, 2.45) is 0 Å². The van der Waals surface area contributed by atoms with Gasteiger partial charge in [0.05, 0.1) is 19.4 Å². The number of furan rings is 1. The van der Waals surface area contributed by atoms with Gasteiger partial charge in [0.1, 0.15) is 11.5 Å². The third-order valence-corrected chi connectivity index (χ3v) is 5.50. The normalized spacial score (nSPS) is 11.6. The highest BCUT2D eigenvalue weighted by molar-refractivity contribution is 7.20. The van der Waals surface area contributed by atoms with E-state index in [4.69, 9.17) is 14.5 Å². The second kappa shape index (κ2) is 8.43. The number of anilines is 2. The number of carbonyl (C=O) groups excluding carboxylic acids is 1. The highest BCUT2D eigenvalue weighted by atomic mass is 32.1. The fourth-order valence-corrected chi connectivity index (χ4v) is 3.96. The highest BCUT2D eigenvalue weighted by Crippen LogP contribution is 2.34. The number of imidazole rings is 1. The number of benzene rings is 1. The molecule has 4 rings (SSSR count). The molecule has 0 aliphatic carbocycles. The molecule has 1 aromatic carbocycles. The Kier molecular flexibility index (Phi) is 5.69. The molecular weight excluding hydrogens is 412 g/mol. The molecule has 0 bridgehead atoms. The van der Waals surface area contributed by atoms with Gasteiger partial charge < -0.3 is 20.0 Å². The number of nitrogens with one attached hydrogen (secondary N) is 2. The summed E-state index contributed by atoms with van der Waals surface area (Å²) in [5, 5.41) is 11.8. The molecule has 3 heterocycles. The first-order valence-electron chi connectivity index (χ1n) is 10.0. The van der Waals surface area contributed by atoms with Crippen LogP contribution in [-0.4, -0.2) is 39.6 Å². The Morgan fingerprint density at radius 2 is 1.97 bits per heavy atom. The molecule has 0 aliphatic heterocycles. The Bertz CT molecular complexity index is 1160. The third-order valence-electron chi connectivity index (χ3n) is 4.48. The van der Waals surface area contributed by atoms with Gasteiger partial charge in [-0.05, 0) is 32.9 Å². The summed E-state index contributed by atoms with van der Waals surface area (Å²) in [6.07, 6.45) is 1.59. The molecule has 9 heteroatoms. The molecule has 31 heavy (non-hydrogen) atoms. The Balaban J connectivity index is 1.56. The Labute approximate surface area is 184 Å². The smallest absolute Gasteiger partial charge is 0.239 e. The lowest BCUT2D eigenvalue weighted by Gasteiger charge is -2.22. The van der Waals surface area contributed by atoms with Gasteiger partial charge in [-0.2, -0.15) is 4.52 Å². The molecule has 1 amide bonds. The van der Waals surface area contributed by atoms with E-state index < -0.39 is 0 Å². The zero-order valence-electron chi connectivity index (χ0n) is 18.0. The van der Waals surface area contributed by atoms with E-state index in [-0.39, 0.29) is 18.0 Å². The van der Waals surface area contributed by atoms with Crippen LogP contribution in [-0.2, 0) is 11.3 Å². The highest BCUT2D eigenvalue weighted by Gasteiger charge is 2.23. The maximum Gasteiger partial charge on any atom is 0.239 e. The molecule has 2 N–H and O–H groups in total. The summed E-state index contributed by atoms with van der Waals surface area (Å²) in [4.78, 5) is 19.7. The number of rotatable bonds is 7. The number of nitrogens with zero attached hydrogens (tertiary/aromatic N) is 4. The van der Waals surface area contributed by atoms with Crippen molar-refractivity contribution in [3.8, 4) is 11.3 Å². The maximum atomic E-state index is 12.3. The number of amides is 1. The van der Waals surface area contributed by atoms with E-state index in [0.29, 0.717) is 11.7 Å². The SMILES string of the molecule is CN(CC(=O)NCc1ccco1)c1nn2c(NC(C)(C)C)c(-c3ccccc3)nc2s1. The van der Waals surface area contributed by atoms with Crippen LogP contribution in [0, 0.1) is 0 Å². The minimum Gasteiger partial charge on any atom is -0.467 e. The minimum atomic E-state index is -0.166. The average Bonchev–Trinajstić information content (AvgIpc) is 3.44. The monoisotopic (exact) mass is 438 g/mol. The van der Waals surface area contributed by atoms with Crippen LogP contribution < -0.4 is 15.5 Å². The molecule has 0 saturated heterocycles. The number of hydrogen-bond acceptors (Lipinski definition) is 7. The van der Waals surface area contributed by atoms with Crippen LogP contribution >= 0.6 is 11.3 Å². The number of likely N-dealkylation sites (N-methyl/N-ethyl adjacent to an activating group) is 1. The van der Waals surface area contributed by atoms with Crippen molar-refractivity contribution >= 4 is 33.2 Å². The van der Waals surface area contributed by atoms with Crippen LogP contribution in [0.3, 0.4) is 0 Å². The number of aromatic nitrogens is 3. The van der Waals surface area contributed by atoms with Gasteiger partial charge in [0.15, 0.2) is 5.82 Å². The zero-order chi connectivity index (χ0) is 22.0. The van der Waals surface area contributed by atoms with Crippen molar-refractivity contribution < 1.29 is 9.21 Å². The van der Waals surface area contributed by atoms with Crippen molar-refractivity contribution in [2.45, 2.75) is 32.9 Å². The Morgan fingerprint density at radius 1 is 1.19 bits per heavy atom. The lowest BCUT2D eigenvalue weighted by Crippen LogP contribution is -2.34. The van der Waals surface area contributed by atoms with Crippen LogP contribution in [0.2, 0.25) is 0 Å². The fraction of sp³-hybridized carbons (Fsp3) is 0.318. The number of fused-ring (bicyclic) bond motifs is 1. The molecule has 4 aromatic rings. The molecule has 0 unspecified atom stereocenters. The van der Waals surface area contributed by atoms with Gasteiger partial charge in [0, 0.05) is 18.2 Å². The minimum absolute atomic E-state index is 0.107. The quantitative estimate of drug-likeness (QED) is 0.453. The van der Waals surface area contributed by atoms with Gasteiger partial charge in [0.25, 0.3) is 0 Å². The first-order chi connectivity index (χ1) is 14.8. The van der Waals surface area contributed by atoms with Gasteiger partial charge in [-0.1, -0.05) is 41.7 Å². The molecular formula is C22H26N6O2S. The summed E-state index contributed by atoms with van der Waals surface area (Å²) in [7, 11) is 1.85. The molecule has 8 nitrogen and oxygen atoms in total. The summed E-state index contributed by atoms with van der Waals surface area (Å²) in [6, 6.07) is 13.7. The first kappa shape index (κ1) is 20.9. The zero-order valence-corrected chi connectivity index (χ0v) is 18.9. The van der Waals surface area contributed by atoms with Crippen LogP contribution in [0.5, 0.6) is 0 Å². The maximum absolute atomic E-state index is 12.3. The van der Waals surface area contributed by atoms with E-state index in [1.807, 2.05) is 52.9 Å². The van der Waals surface area contributed by atoms with Gasteiger partial charge in [-0.3, -0.25) is 4.79 Å². The van der Waals surface area contributed by atoms with Gasteiger partial charge in [-0.15, -0.1) is 5.10 Å². The van der Waals surface area contributed by atoms with E-state index >= 15 is 0 Å². The number of carbonyl (C=O) groups is 1. The first-order valence-corrected chi connectivity index (χ1v) is 10.9. The lowest BCUT2D eigenvalue weighted by molar-refractivity contribution is -0.120. The molecule has 0 atom stereocenters. The largest absolute Gasteiger partial charge is 0.467 e. The molecule has 162 valence electrons. The molecule has 0 saturated carbocycles. The second-order valence-corrected chi connectivity index (χ2v) is 9.28. The van der Waals surface area contributed by atoms with Gasteiger partial charge in [-0.25, -0.2) is 4.98 Å². The summed E-state index contributed by atoms with van der Waals surface area (Å²) in [6.45, 7) is 6.85. The third kappa shape index (κ3) is 4.88. The van der Waals surface area contributed by atoms with E-state index in [0.717, 1.165) is 27.8 Å². The lowest BCUT2D eigenvalue weighted by atomic mass is 10.1. The van der Waals surface area contributed by atoms with Crippen LogP contribution in [0.1, 0.15) is 26.5 Å². The summed E-state index contributed by atoms with van der Waals surface area (Å²) in [5.41, 5.74) is 1.72. The van der Waals surface area contributed by atoms with E-state index in [2.05, 4.69) is 31.4 Å². The van der Waals surface area contributed by atoms with E-state index in [9.17, 15) is 4.79 Å². The predicted octanol–water partition coefficient (Wildman–Crippen LogP) is 4.01. The van der Waals surface area contributed by atoms with Crippen molar-refractivity contribution in [3.05, 3.63) is 54.5 Å². The van der Waals surface area contributed by atoms with Crippen LogP contribution in [0.4, 0.5) is 10.9 Å². The fourth-order valence-electron chi connectivity index (χ4n) is 3.10. The molecule has 0 aliphatic rings. The molecule has 0 spiro atoms. The summed E-state index contributed by atoms with van der Waals surface area (Å²) >= 11 is 1.45. The Hall–Kier alpha value is -3.33. The predicted molar refractivity (Wildman–Crippen MR) is 124 cm³/mol. The summed E-state index contributed by atoms with van der Waals surface area (Å²) < 4.78 is 7.07. The van der Waals surface area contributed by atoms with Crippen molar-refractivity contribution in [3.63, 3.8) is 0 Å². The summed E-state index contributed by atoms with van der Waals surface area (Å²) in [5.74, 6) is 1.45.